The average Bonchev–Trinajstić information content (AvgIpc) is 2.93. The Hall–Kier alpha value is -3.72. The monoisotopic (exact) mass is 567 g/mol. The molecule has 1 N–H and O–H groups in total. The fourth-order valence-corrected chi connectivity index (χ4v) is 5.64. The van der Waals surface area contributed by atoms with Crippen LogP contribution in [-0.4, -0.2) is 43.8 Å². The highest BCUT2D eigenvalue weighted by atomic mass is 32.2. The van der Waals surface area contributed by atoms with Crippen molar-refractivity contribution in [3.8, 4) is 0 Å². The molecule has 0 saturated heterocycles. The molecule has 40 heavy (non-hydrogen) atoms. The number of benzene rings is 3. The third-order valence-electron chi connectivity index (χ3n) is 6.86. The van der Waals surface area contributed by atoms with E-state index in [4.69, 9.17) is 0 Å². The van der Waals surface area contributed by atoms with Crippen LogP contribution >= 0.6 is 0 Å². The maximum atomic E-state index is 14.0. The van der Waals surface area contributed by atoms with Crippen LogP contribution in [-0.2, 0) is 26.2 Å². The number of anilines is 1. The first-order chi connectivity index (χ1) is 19.0. The molecule has 0 aliphatic rings. The fraction of sp³-hybridized carbons (Fsp3) is 0.355. The summed E-state index contributed by atoms with van der Waals surface area (Å²) in [5, 5.41) is 2.96. The Bertz CT molecular complexity index is 1390. The quantitative estimate of drug-likeness (QED) is 0.319. The van der Waals surface area contributed by atoms with Crippen molar-refractivity contribution >= 4 is 27.5 Å². The average molecular weight is 568 g/mol. The molecule has 0 aromatic heterocycles. The zero-order chi connectivity index (χ0) is 29.4. The Kier molecular flexibility index (Phi) is 10.5. The fourth-order valence-electron chi connectivity index (χ4n) is 4.22. The van der Waals surface area contributed by atoms with E-state index < -0.39 is 34.3 Å². The van der Waals surface area contributed by atoms with Crippen LogP contribution in [0.25, 0.3) is 0 Å². The van der Waals surface area contributed by atoms with Crippen LogP contribution < -0.4 is 9.62 Å². The van der Waals surface area contributed by atoms with Gasteiger partial charge >= 0.3 is 0 Å². The Morgan fingerprint density at radius 3 is 1.93 bits per heavy atom. The minimum atomic E-state index is -4.25. The summed E-state index contributed by atoms with van der Waals surface area (Å²) >= 11 is 0. The molecule has 0 radical (unpaired) electrons. The maximum Gasteiger partial charge on any atom is 0.264 e. The molecule has 0 heterocycles. The van der Waals surface area contributed by atoms with Gasteiger partial charge in [-0.15, -0.1) is 0 Å². The second kappa shape index (κ2) is 13.6. The third kappa shape index (κ3) is 7.69. The first-order valence-electron chi connectivity index (χ1n) is 13.5. The number of nitrogens with zero attached hydrogens (tertiary/aromatic N) is 2. The molecule has 0 aliphatic heterocycles. The van der Waals surface area contributed by atoms with E-state index in [1.165, 1.54) is 17.0 Å². The molecule has 0 unspecified atom stereocenters. The highest BCUT2D eigenvalue weighted by Gasteiger charge is 2.34. The summed E-state index contributed by atoms with van der Waals surface area (Å²) in [6, 6.07) is 18.0. The van der Waals surface area contributed by atoms with Gasteiger partial charge in [-0.1, -0.05) is 61.4 Å². The molecule has 214 valence electrons. The lowest BCUT2D eigenvalue weighted by atomic mass is 10.1. The molecule has 0 saturated carbocycles. The molecular formula is C31H38FN3O4S. The summed E-state index contributed by atoms with van der Waals surface area (Å²) in [6.07, 6.45) is 1.07. The van der Waals surface area contributed by atoms with Gasteiger partial charge in [0.2, 0.25) is 11.8 Å². The van der Waals surface area contributed by atoms with E-state index in [-0.39, 0.29) is 29.1 Å². The van der Waals surface area contributed by atoms with Gasteiger partial charge in [0.15, 0.2) is 0 Å². The summed E-state index contributed by atoms with van der Waals surface area (Å²) in [4.78, 5) is 28.6. The second-order valence-electron chi connectivity index (χ2n) is 10.1. The molecule has 9 heteroatoms. The molecule has 3 rings (SSSR count). The van der Waals surface area contributed by atoms with Gasteiger partial charge < -0.3 is 10.2 Å². The van der Waals surface area contributed by atoms with Gasteiger partial charge in [-0.2, -0.15) is 0 Å². The molecule has 7 nitrogen and oxygen atoms in total. The zero-order valence-electron chi connectivity index (χ0n) is 23.7. The van der Waals surface area contributed by atoms with Crippen LogP contribution in [0.15, 0.2) is 77.7 Å². The predicted molar refractivity (Wildman–Crippen MR) is 156 cm³/mol. The van der Waals surface area contributed by atoms with E-state index in [1.807, 2.05) is 58.9 Å². The van der Waals surface area contributed by atoms with Crippen LogP contribution in [0.5, 0.6) is 0 Å². The van der Waals surface area contributed by atoms with Gasteiger partial charge in [0.05, 0.1) is 10.6 Å². The lowest BCUT2D eigenvalue weighted by molar-refractivity contribution is -0.140. The lowest BCUT2D eigenvalue weighted by Gasteiger charge is -2.33. The van der Waals surface area contributed by atoms with Crippen molar-refractivity contribution in [1.29, 1.82) is 0 Å². The number of carbonyl (C=O) groups is 2. The summed E-state index contributed by atoms with van der Waals surface area (Å²) in [7, 11) is -4.25. The molecule has 2 atom stereocenters. The normalized spacial score (nSPS) is 12.8. The van der Waals surface area contributed by atoms with E-state index in [1.54, 1.807) is 24.3 Å². The van der Waals surface area contributed by atoms with Gasteiger partial charge in [-0.05, 0) is 75.6 Å². The third-order valence-corrected chi connectivity index (χ3v) is 8.65. The van der Waals surface area contributed by atoms with Gasteiger partial charge in [0.1, 0.15) is 18.4 Å². The van der Waals surface area contributed by atoms with Crippen molar-refractivity contribution in [2.75, 3.05) is 10.8 Å². The number of hydrogen-bond acceptors (Lipinski definition) is 4. The maximum absolute atomic E-state index is 14.0. The topological polar surface area (TPSA) is 86.8 Å². The van der Waals surface area contributed by atoms with E-state index in [0.29, 0.717) is 6.42 Å². The van der Waals surface area contributed by atoms with Gasteiger partial charge in [0, 0.05) is 12.6 Å². The van der Waals surface area contributed by atoms with Crippen LogP contribution in [0.4, 0.5) is 10.1 Å². The Morgan fingerprint density at radius 1 is 0.850 bits per heavy atom. The molecule has 0 aliphatic carbocycles. The molecule has 0 spiro atoms. The van der Waals surface area contributed by atoms with Gasteiger partial charge in [-0.3, -0.25) is 13.9 Å². The number of rotatable bonds is 12. The number of aryl methyl sites for hydroxylation is 2. The van der Waals surface area contributed by atoms with E-state index in [0.717, 1.165) is 39.5 Å². The second-order valence-corrected chi connectivity index (χ2v) is 11.9. The Balaban J connectivity index is 2.04. The number of amides is 2. The molecule has 3 aromatic carbocycles. The molecular weight excluding hydrogens is 529 g/mol. The highest BCUT2D eigenvalue weighted by Crippen LogP contribution is 2.25. The predicted octanol–water partition coefficient (Wildman–Crippen LogP) is 5.36. The van der Waals surface area contributed by atoms with Crippen molar-refractivity contribution in [2.24, 2.45) is 0 Å². The van der Waals surface area contributed by atoms with Crippen LogP contribution in [0.3, 0.4) is 0 Å². The number of halogens is 1. The summed E-state index contributed by atoms with van der Waals surface area (Å²) in [5.74, 6) is -1.39. The van der Waals surface area contributed by atoms with E-state index >= 15 is 0 Å². The number of carbonyl (C=O) groups excluding carboxylic acids is 2. The summed E-state index contributed by atoms with van der Waals surface area (Å²) < 4.78 is 42.2. The molecule has 3 aromatic rings. The van der Waals surface area contributed by atoms with Crippen molar-refractivity contribution < 1.29 is 22.4 Å². The summed E-state index contributed by atoms with van der Waals surface area (Å²) in [6.45, 7) is 9.10. The largest absolute Gasteiger partial charge is 0.352 e. The van der Waals surface area contributed by atoms with Crippen molar-refractivity contribution in [3.05, 3.63) is 95.3 Å². The zero-order valence-corrected chi connectivity index (χ0v) is 24.5. The lowest BCUT2D eigenvalue weighted by Crippen LogP contribution is -2.53. The van der Waals surface area contributed by atoms with Crippen molar-refractivity contribution in [2.45, 2.75) is 71.0 Å². The molecule has 2 amide bonds. The smallest absolute Gasteiger partial charge is 0.264 e. The highest BCUT2D eigenvalue weighted by molar-refractivity contribution is 7.92. The first kappa shape index (κ1) is 30.8. The number of nitrogens with one attached hydrogen (secondary N) is 1. The van der Waals surface area contributed by atoms with E-state index in [2.05, 4.69) is 5.32 Å². The molecule has 0 fully saturated rings. The number of hydrogen-bond donors (Lipinski definition) is 1. The first-order valence-corrected chi connectivity index (χ1v) is 14.9. The Labute approximate surface area is 237 Å². The van der Waals surface area contributed by atoms with Crippen LogP contribution in [0, 0.1) is 19.7 Å². The van der Waals surface area contributed by atoms with Crippen LogP contribution in [0.2, 0.25) is 0 Å². The van der Waals surface area contributed by atoms with Gasteiger partial charge in [-0.25, -0.2) is 12.8 Å². The van der Waals surface area contributed by atoms with Crippen molar-refractivity contribution in [1.82, 2.24) is 10.2 Å². The minimum Gasteiger partial charge on any atom is -0.352 e. The Morgan fingerprint density at radius 2 is 1.40 bits per heavy atom. The SMILES string of the molecule is CC[C@@H](C)NC(=O)[C@H](CC)N(Cc1ccc(C)cc1)C(=O)CN(c1ccc(C)cc1)S(=O)(=O)c1ccc(F)cc1. The van der Waals surface area contributed by atoms with Gasteiger partial charge in [0.25, 0.3) is 10.0 Å². The summed E-state index contributed by atoms with van der Waals surface area (Å²) in [5.41, 5.74) is 3.08. The van der Waals surface area contributed by atoms with Crippen LogP contribution in [0.1, 0.15) is 50.3 Å². The minimum absolute atomic E-state index is 0.0826. The number of sulfonamides is 1. The molecule has 0 bridgehead atoms. The van der Waals surface area contributed by atoms with E-state index in [9.17, 15) is 22.4 Å². The van der Waals surface area contributed by atoms with Crippen molar-refractivity contribution in [3.63, 3.8) is 0 Å². The standard InChI is InChI=1S/C31H38FN3O4S/c1-6-24(5)33-31(37)29(7-2)34(20-25-12-8-22(3)9-13-25)30(36)21-35(27-16-10-23(4)11-17-27)40(38,39)28-18-14-26(32)15-19-28/h8-19,24,29H,6-7,20-21H2,1-5H3,(H,33,37)/t24-,29+/m1/s1.